The Morgan fingerprint density at radius 2 is 1.76 bits per heavy atom. The molecule has 1 fully saturated rings. The summed E-state index contributed by atoms with van der Waals surface area (Å²) in [7, 11) is 2.08. The van der Waals surface area contributed by atoms with Crippen molar-refractivity contribution in [2.75, 3.05) is 17.7 Å². The van der Waals surface area contributed by atoms with Gasteiger partial charge in [0.1, 0.15) is 17.1 Å². The van der Waals surface area contributed by atoms with Gasteiger partial charge in [-0.15, -0.1) is 0 Å². The summed E-state index contributed by atoms with van der Waals surface area (Å²) in [6.07, 6.45) is 0.635. The zero-order valence-corrected chi connectivity index (χ0v) is 21.3. The Balaban J connectivity index is 1.56. The van der Waals surface area contributed by atoms with Crippen LogP contribution in [0.1, 0.15) is 46.1 Å². The molecule has 3 aromatic rings. The first-order valence-electron chi connectivity index (χ1n) is 11.8. The van der Waals surface area contributed by atoms with Crippen LogP contribution in [0, 0.1) is 5.82 Å². The smallest absolute Gasteiger partial charge is 0.420 e. The number of rotatable bonds is 6. The van der Waals surface area contributed by atoms with Gasteiger partial charge in [0.15, 0.2) is 11.6 Å². The highest BCUT2D eigenvalue weighted by molar-refractivity contribution is 5.59. The standard InChI is InChI=1S/C26H30F4N6O/c1-24(2)12-17(13-25(3,4)36(24)5)33-22-20(27)15-32-23(35-22)34-16-8-9-21(19(11-16)26(28,29)30)37-18-7-6-10-31-14-18/h6-11,14-15,17H,12-13H2,1-5H3,(H2,32,33,34,35). The summed E-state index contributed by atoms with van der Waals surface area (Å²) in [6, 6.07) is 6.51. The molecule has 2 aromatic heterocycles. The van der Waals surface area contributed by atoms with Gasteiger partial charge < -0.3 is 15.4 Å². The van der Waals surface area contributed by atoms with E-state index in [1.54, 1.807) is 6.07 Å². The van der Waals surface area contributed by atoms with Crippen LogP contribution >= 0.6 is 0 Å². The van der Waals surface area contributed by atoms with Crippen LogP contribution in [-0.4, -0.2) is 44.0 Å². The number of nitrogens with one attached hydrogen (secondary N) is 2. The Kier molecular flexibility index (Phi) is 7.02. The van der Waals surface area contributed by atoms with Gasteiger partial charge in [-0.1, -0.05) is 0 Å². The number of alkyl halides is 3. The minimum absolute atomic E-state index is 0.00812. The van der Waals surface area contributed by atoms with E-state index in [1.165, 1.54) is 30.6 Å². The predicted octanol–water partition coefficient (Wildman–Crippen LogP) is 6.63. The Morgan fingerprint density at radius 3 is 2.38 bits per heavy atom. The van der Waals surface area contributed by atoms with Crippen molar-refractivity contribution >= 4 is 17.5 Å². The normalized spacial score (nSPS) is 17.9. The number of nitrogens with zero attached hydrogens (tertiary/aromatic N) is 4. The fraction of sp³-hybridized carbons (Fsp3) is 0.423. The maximum Gasteiger partial charge on any atom is 0.420 e. The first kappa shape index (κ1) is 26.6. The van der Waals surface area contributed by atoms with Gasteiger partial charge in [0, 0.05) is 29.0 Å². The highest BCUT2D eigenvalue weighted by Crippen LogP contribution is 2.40. The Labute approximate surface area is 213 Å². The second-order valence-corrected chi connectivity index (χ2v) is 10.4. The summed E-state index contributed by atoms with van der Waals surface area (Å²) >= 11 is 0. The van der Waals surface area contributed by atoms with Crippen molar-refractivity contribution in [1.82, 2.24) is 19.9 Å². The molecule has 4 rings (SSSR count). The topological polar surface area (TPSA) is 75.2 Å². The molecular weight excluding hydrogens is 488 g/mol. The third-order valence-electron chi connectivity index (χ3n) is 6.80. The SMILES string of the molecule is CN1C(C)(C)CC(Nc2nc(Nc3ccc(Oc4cccnc4)c(C(F)(F)F)c3)ncc2F)CC1(C)C. The third kappa shape index (κ3) is 6.10. The van der Waals surface area contributed by atoms with Gasteiger partial charge in [0.25, 0.3) is 0 Å². The summed E-state index contributed by atoms with van der Waals surface area (Å²) in [4.78, 5) is 14.3. The largest absolute Gasteiger partial charge is 0.455 e. The molecule has 3 heterocycles. The minimum atomic E-state index is -4.68. The van der Waals surface area contributed by atoms with E-state index in [0.717, 1.165) is 25.1 Å². The summed E-state index contributed by atoms with van der Waals surface area (Å²) < 4.78 is 61.4. The number of hydrogen-bond acceptors (Lipinski definition) is 7. The number of piperidine rings is 1. The number of aromatic nitrogens is 3. The summed E-state index contributed by atoms with van der Waals surface area (Å²) in [5.74, 6) is -0.889. The molecule has 0 atom stereocenters. The van der Waals surface area contributed by atoms with E-state index in [4.69, 9.17) is 4.74 Å². The molecule has 0 spiro atoms. The van der Waals surface area contributed by atoms with Crippen LogP contribution in [0.3, 0.4) is 0 Å². The van der Waals surface area contributed by atoms with Gasteiger partial charge in [0.2, 0.25) is 5.95 Å². The Hall–Kier alpha value is -3.47. The summed E-state index contributed by atoms with van der Waals surface area (Å²) in [5.41, 5.74) is -1.17. The number of halogens is 4. The number of ether oxygens (including phenoxy) is 1. The van der Waals surface area contributed by atoms with Crippen molar-refractivity contribution in [2.24, 2.45) is 0 Å². The van der Waals surface area contributed by atoms with E-state index >= 15 is 0 Å². The number of anilines is 3. The first-order chi connectivity index (χ1) is 17.2. The van der Waals surface area contributed by atoms with Gasteiger partial charge in [0.05, 0.1) is 12.4 Å². The van der Waals surface area contributed by atoms with Crippen LogP contribution in [0.5, 0.6) is 11.5 Å². The summed E-state index contributed by atoms with van der Waals surface area (Å²) in [6.45, 7) is 8.52. The highest BCUT2D eigenvalue weighted by Gasteiger charge is 2.43. The maximum absolute atomic E-state index is 14.6. The van der Waals surface area contributed by atoms with E-state index in [0.29, 0.717) is 0 Å². The molecule has 37 heavy (non-hydrogen) atoms. The molecule has 0 amide bonds. The second kappa shape index (κ2) is 9.77. The van der Waals surface area contributed by atoms with Gasteiger partial charge in [-0.2, -0.15) is 18.2 Å². The van der Waals surface area contributed by atoms with Gasteiger partial charge in [-0.05, 0) is 77.9 Å². The molecule has 1 saturated heterocycles. The van der Waals surface area contributed by atoms with E-state index in [1.807, 2.05) is 0 Å². The van der Waals surface area contributed by atoms with Crippen LogP contribution in [-0.2, 0) is 6.18 Å². The van der Waals surface area contributed by atoms with Crippen molar-refractivity contribution in [1.29, 1.82) is 0 Å². The molecule has 0 saturated carbocycles. The van der Waals surface area contributed by atoms with Gasteiger partial charge in [-0.25, -0.2) is 9.37 Å². The molecule has 0 bridgehead atoms. The molecule has 7 nitrogen and oxygen atoms in total. The number of benzene rings is 1. The average Bonchev–Trinajstić information content (AvgIpc) is 2.80. The molecule has 0 unspecified atom stereocenters. The quantitative estimate of drug-likeness (QED) is 0.355. The number of hydrogen-bond donors (Lipinski definition) is 2. The zero-order chi connectivity index (χ0) is 27.0. The van der Waals surface area contributed by atoms with E-state index in [9.17, 15) is 17.6 Å². The molecule has 1 aliphatic rings. The highest BCUT2D eigenvalue weighted by atomic mass is 19.4. The van der Waals surface area contributed by atoms with Crippen molar-refractivity contribution in [3.05, 3.63) is 60.3 Å². The van der Waals surface area contributed by atoms with Crippen LogP contribution in [0.25, 0.3) is 0 Å². The molecule has 1 aliphatic heterocycles. The monoisotopic (exact) mass is 518 g/mol. The predicted molar refractivity (Wildman–Crippen MR) is 134 cm³/mol. The zero-order valence-electron chi connectivity index (χ0n) is 21.3. The van der Waals surface area contributed by atoms with Crippen LogP contribution in [0.2, 0.25) is 0 Å². The number of likely N-dealkylation sites (tertiary alicyclic amines) is 1. The van der Waals surface area contributed by atoms with Crippen molar-refractivity contribution < 1.29 is 22.3 Å². The molecule has 1 aromatic carbocycles. The lowest BCUT2D eigenvalue weighted by atomic mass is 9.77. The van der Waals surface area contributed by atoms with Gasteiger partial charge >= 0.3 is 6.18 Å². The molecule has 198 valence electrons. The summed E-state index contributed by atoms with van der Waals surface area (Å²) in [5, 5.41) is 5.93. The molecular formula is C26H30F4N6O. The number of pyridine rings is 1. The third-order valence-corrected chi connectivity index (χ3v) is 6.80. The lowest BCUT2D eigenvalue weighted by Gasteiger charge is -2.53. The van der Waals surface area contributed by atoms with Crippen LogP contribution in [0.4, 0.5) is 35.0 Å². The molecule has 2 N–H and O–H groups in total. The molecule has 0 aliphatic carbocycles. The van der Waals surface area contributed by atoms with Crippen molar-refractivity contribution in [3.8, 4) is 11.5 Å². The first-order valence-corrected chi connectivity index (χ1v) is 11.8. The fourth-order valence-electron chi connectivity index (χ4n) is 4.78. The average molecular weight is 519 g/mol. The van der Waals surface area contributed by atoms with E-state index in [-0.39, 0.29) is 46.1 Å². The van der Waals surface area contributed by atoms with Crippen LogP contribution in [0.15, 0.2) is 48.9 Å². The second-order valence-electron chi connectivity index (χ2n) is 10.4. The lowest BCUT2D eigenvalue weighted by Crippen LogP contribution is -2.61. The van der Waals surface area contributed by atoms with E-state index < -0.39 is 17.6 Å². The molecule has 11 heteroatoms. The maximum atomic E-state index is 14.6. The van der Waals surface area contributed by atoms with Crippen LogP contribution < -0.4 is 15.4 Å². The van der Waals surface area contributed by atoms with E-state index in [2.05, 4.69) is 65.2 Å². The fourth-order valence-corrected chi connectivity index (χ4v) is 4.78. The Bertz CT molecular complexity index is 1230. The lowest BCUT2D eigenvalue weighted by molar-refractivity contribution is -0.138. The molecule has 0 radical (unpaired) electrons. The van der Waals surface area contributed by atoms with Gasteiger partial charge in [-0.3, -0.25) is 9.88 Å². The van der Waals surface area contributed by atoms with Crippen molar-refractivity contribution in [3.63, 3.8) is 0 Å². The van der Waals surface area contributed by atoms with Crippen molar-refractivity contribution in [2.45, 2.75) is 63.8 Å². The Morgan fingerprint density at radius 1 is 1.05 bits per heavy atom. The minimum Gasteiger partial charge on any atom is -0.455 e.